The molecule has 0 N–H and O–H groups in total. The minimum atomic E-state index is -0.405. The van der Waals surface area contributed by atoms with Gasteiger partial charge in [0.15, 0.2) is 0 Å². The van der Waals surface area contributed by atoms with E-state index in [9.17, 15) is 19.2 Å². The monoisotopic (exact) mass is 989 g/mol. The third-order valence-corrected chi connectivity index (χ3v) is 14.1. The Labute approximate surface area is 428 Å². The van der Waals surface area contributed by atoms with E-state index in [0.717, 1.165) is 35.1 Å². The number of hydrogen-bond donors (Lipinski definition) is 0. The van der Waals surface area contributed by atoms with Crippen LogP contribution in [0.3, 0.4) is 0 Å². The van der Waals surface area contributed by atoms with Crippen LogP contribution in [0, 0.1) is 0 Å². The highest BCUT2D eigenvalue weighted by Gasteiger charge is 2.50. The van der Waals surface area contributed by atoms with Crippen molar-refractivity contribution in [3.8, 4) is 0 Å². The van der Waals surface area contributed by atoms with E-state index in [0.29, 0.717) is 62.5 Å². The Morgan fingerprint density at radius 2 is 0.708 bits per heavy atom. The average Bonchev–Trinajstić information content (AvgIpc) is 3.32. The van der Waals surface area contributed by atoms with Gasteiger partial charge in [0, 0.05) is 60.7 Å². The van der Waals surface area contributed by atoms with Crippen molar-refractivity contribution in [1.29, 1.82) is 0 Å². The molecule has 390 valence electrons. The second-order valence-electron chi connectivity index (χ2n) is 22.4. The fourth-order valence-electron chi connectivity index (χ4n) is 10.7. The number of hydrogen-bond acceptors (Lipinski definition) is 12. The first-order valence-electron chi connectivity index (χ1n) is 26.0. The van der Waals surface area contributed by atoms with E-state index < -0.39 is 34.4 Å². The number of carbonyl (C=O) groups is 4. The molecule has 0 radical (unpaired) electrons. The van der Waals surface area contributed by atoms with Crippen molar-refractivity contribution >= 4 is 23.9 Å². The Hall–Kier alpha value is -5.40. The van der Waals surface area contributed by atoms with Crippen molar-refractivity contribution in [3.63, 3.8) is 0 Å². The molecule has 12 nitrogen and oxygen atoms in total. The fourth-order valence-corrected chi connectivity index (χ4v) is 10.7. The molecule has 4 atom stereocenters. The molecule has 0 saturated carbocycles. The molecule has 0 aromatic heterocycles. The molecule has 6 rings (SSSR count). The number of ether oxygens (including phenoxy) is 4. The van der Waals surface area contributed by atoms with Gasteiger partial charge in [0.2, 0.25) is 0 Å². The predicted octanol–water partition coefficient (Wildman–Crippen LogP) is 13.7. The van der Waals surface area contributed by atoms with E-state index >= 15 is 0 Å². The molecule has 2 saturated heterocycles. The summed E-state index contributed by atoms with van der Waals surface area (Å²) in [5.41, 5.74) is 3.27. The maximum atomic E-state index is 12.9. The SMILES string of the molecule is CC(OC(=O)CCCCCCC(=O)OC(C)c1ccc(C(C)ON2C(C)(C)CC(OC(=O)c3ccccc3)CC2(C)C)cc1)c1ccc(C(C)ON2C(C)(C)CC(OC(=O)c3ccccc3)CC2(C)C)cc1. The van der Waals surface area contributed by atoms with E-state index in [2.05, 4.69) is 65.5 Å². The smallest absolute Gasteiger partial charge is 0.338 e. The van der Waals surface area contributed by atoms with E-state index in [1.54, 1.807) is 24.3 Å². The molecule has 4 aromatic carbocycles. The summed E-state index contributed by atoms with van der Waals surface area (Å²) in [6.45, 7) is 24.7. The van der Waals surface area contributed by atoms with Gasteiger partial charge in [0.05, 0.1) is 11.1 Å². The van der Waals surface area contributed by atoms with Crippen LogP contribution in [0.15, 0.2) is 109 Å². The maximum absolute atomic E-state index is 12.9. The van der Waals surface area contributed by atoms with Gasteiger partial charge in [-0.05, 0) is 142 Å². The summed E-state index contributed by atoms with van der Waals surface area (Å²) >= 11 is 0. The molecule has 72 heavy (non-hydrogen) atoms. The molecule has 12 heteroatoms. The highest BCUT2D eigenvalue weighted by molar-refractivity contribution is 5.90. The highest BCUT2D eigenvalue weighted by Crippen LogP contribution is 2.44. The molecule has 2 aliphatic rings. The zero-order chi connectivity index (χ0) is 52.4. The molecule has 4 unspecified atom stereocenters. The van der Waals surface area contributed by atoms with Crippen LogP contribution in [0.4, 0.5) is 0 Å². The lowest BCUT2D eigenvalue weighted by Crippen LogP contribution is -2.62. The number of carbonyl (C=O) groups excluding carboxylic acids is 4. The molecule has 2 aliphatic heterocycles. The van der Waals surface area contributed by atoms with Gasteiger partial charge in [-0.1, -0.05) is 97.8 Å². The molecule has 0 bridgehead atoms. The first-order valence-corrected chi connectivity index (χ1v) is 26.0. The number of piperidine rings is 2. The lowest BCUT2D eigenvalue weighted by Gasteiger charge is -2.54. The normalized spacial score (nSPS) is 19.6. The molecule has 0 aliphatic carbocycles. The van der Waals surface area contributed by atoms with Crippen molar-refractivity contribution in [3.05, 3.63) is 143 Å². The molecular weight excluding hydrogens is 909 g/mol. The molecule has 2 fully saturated rings. The Morgan fingerprint density at radius 1 is 0.431 bits per heavy atom. The number of rotatable bonds is 21. The standard InChI is InChI=1S/C60H80N2O10/c1-41(45-29-33-47(34-30-45)43(3)71-61-57(5,6)37-51(38-58(61,7)8)69-55(65)49-23-17-15-18-24-49)67-53(63)27-21-13-14-22-28-54(64)68-42(2)46-31-35-48(36-32-46)44(4)72-62-59(9,10)39-52(40-60(62,11)12)70-56(66)50-25-19-16-20-26-50/h15-20,23-26,29-36,41-44,51-52H,13-14,21-22,27-28,37-40H2,1-12H3. The van der Waals surface area contributed by atoms with Gasteiger partial charge in [-0.25, -0.2) is 9.59 Å². The first-order chi connectivity index (χ1) is 33.9. The van der Waals surface area contributed by atoms with Crippen LogP contribution < -0.4 is 0 Å². The van der Waals surface area contributed by atoms with E-state index in [1.807, 2.05) is 113 Å². The zero-order valence-corrected chi connectivity index (χ0v) is 44.9. The third-order valence-electron chi connectivity index (χ3n) is 14.1. The second kappa shape index (κ2) is 24.1. The molecule has 2 heterocycles. The molecule has 0 amide bonds. The van der Waals surface area contributed by atoms with E-state index in [1.165, 1.54) is 0 Å². The minimum absolute atomic E-state index is 0.242. The van der Waals surface area contributed by atoms with Crippen LogP contribution in [-0.2, 0) is 38.2 Å². The van der Waals surface area contributed by atoms with Gasteiger partial charge in [0.1, 0.15) is 36.6 Å². The van der Waals surface area contributed by atoms with Crippen LogP contribution >= 0.6 is 0 Å². The summed E-state index contributed by atoms with van der Waals surface area (Å²) in [5.74, 6) is -1.11. The molecule has 4 aromatic rings. The van der Waals surface area contributed by atoms with Crippen molar-refractivity contribution < 1.29 is 47.8 Å². The van der Waals surface area contributed by atoms with Crippen molar-refractivity contribution in [2.75, 3.05) is 0 Å². The Bertz CT molecular complexity index is 2200. The quantitative estimate of drug-likeness (QED) is 0.0447. The van der Waals surface area contributed by atoms with Crippen molar-refractivity contribution in [2.45, 2.75) is 206 Å². The lowest BCUT2D eigenvalue weighted by atomic mass is 9.80. The lowest BCUT2D eigenvalue weighted by molar-refractivity contribution is -0.313. The fraction of sp³-hybridized carbons (Fsp3) is 0.533. The van der Waals surface area contributed by atoms with Crippen LogP contribution in [0.25, 0.3) is 0 Å². The Balaban J connectivity index is 0.856. The summed E-state index contributed by atoms with van der Waals surface area (Å²) in [5, 5.41) is 4.12. The van der Waals surface area contributed by atoms with Gasteiger partial charge in [-0.3, -0.25) is 19.3 Å². The van der Waals surface area contributed by atoms with Crippen LogP contribution in [-0.4, -0.2) is 68.4 Å². The predicted molar refractivity (Wildman–Crippen MR) is 278 cm³/mol. The van der Waals surface area contributed by atoms with Gasteiger partial charge >= 0.3 is 23.9 Å². The summed E-state index contributed by atoms with van der Waals surface area (Å²) in [6.07, 6.45) is 4.32. The third kappa shape index (κ3) is 15.1. The summed E-state index contributed by atoms with van der Waals surface area (Å²) in [6, 6.07) is 34.2. The number of benzene rings is 4. The second-order valence-corrected chi connectivity index (χ2v) is 22.4. The van der Waals surface area contributed by atoms with Crippen LogP contribution in [0.2, 0.25) is 0 Å². The number of nitrogens with zero attached hydrogens (tertiary/aromatic N) is 2. The zero-order valence-electron chi connectivity index (χ0n) is 44.9. The Kier molecular flexibility index (Phi) is 18.7. The highest BCUT2D eigenvalue weighted by atomic mass is 16.7. The number of unbranched alkanes of at least 4 members (excludes halogenated alkanes) is 3. The van der Waals surface area contributed by atoms with Crippen molar-refractivity contribution in [2.24, 2.45) is 0 Å². The van der Waals surface area contributed by atoms with E-state index in [-0.39, 0.29) is 48.3 Å². The summed E-state index contributed by atoms with van der Waals surface area (Å²) in [4.78, 5) is 64.6. The average molecular weight is 989 g/mol. The van der Waals surface area contributed by atoms with Gasteiger partial charge in [-0.2, -0.15) is 10.1 Å². The minimum Gasteiger partial charge on any atom is -0.459 e. The largest absolute Gasteiger partial charge is 0.459 e. The van der Waals surface area contributed by atoms with Gasteiger partial charge in [0.25, 0.3) is 0 Å². The molecule has 0 spiro atoms. The topological polar surface area (TPSA) is 130 Å². The van der Waals surface area contributed by atoms with Crippen LogP contribution in [0.1, 0.15) is 215 Å². The van der Waals surface area contributed by atoms with Gasteiger partial charge < -0.3 is 18.9 Å². The maximum Gasteiger partial charge on any atom is 0.338 e. The number of esters is 4. The summed E-state index contributed by atoms with van der Waals surface area (Å²) < 4.78 is 23.5. The number of hydroxylamine groups is 4. The molecular formula is C60H80N2O10. The van der Waals surface area contributed by atoms with Crippen LogP contribution in [0.5, 0.6) is 0 Å². The summed E-state index contributed by atoms with van der Waals surface area (Å²) in [7, 11) is 0. The van der Waals surface area contributed by atoms with Crippen molar-refractivity contribution in [1.82, 2.24) is 10.1 Å². The Morgan fingerprint density at radius 3 is 1.00 bits per heavy atom. The first kappa shape index (κ1) is 55.9. The van der Waals surface area contributed by atoms with E-state index in [4.69, 9.17) is 28.6 Å². The van der Waals surface area contributed by atoms with Gasteiger partial charge in [-0.15, -0.1) is 0 Å².